The van der Waals surface area contributed by atoms with Crippen molar-refractivity contribution in [2.45, 2.75) is 49.9 Å². The number of nitrogens with one attached hydrogen (secondary N) is 1. The van der Waals surface area contributed by atoms with E-state index in [4.69, 9.17) is 0 Å². The summed E-state index contributed by atoms with van der Waals surface area (Å²) in [5.74, 6) is 0.335. The number of benzene rings is 1. The molecule has 1 aromatic carbocycles. The molecular formula is C18H26N4O4S2. The molecule has 1 aliphatic rings. The summed E-state index contributed by atoms with van der Waals surface area (Å²) in [5.41, 5.74) is 0.850. The minimum Gasteiger partial charge on any atom is -0.280 e. The van der Waals surface area contributed by atoms with Crippen LogP contribution in [0.25, 0.3) is 0 Å². The molecule has 0 amide bonds. The van der Waals surface area contributed by atoms with E-state index < -0.39 is 20.0 Å². The van der Waals surface area contributed by atoms with Crippen molar-refractivity contribution >= 4 is 25.7 Å². The van der Waals surface area contributed by atoms with E-state index in [1.807, 2.05) is 13.8 Å². The number of anilines is 1. The Morgan fingerprint density at radius 2 is 1.86 bits per heavy atom. The van der Waals surface area contributed by atoms with Gasteiger partial charge in [-0.2, -0.15) is 9.40 Å². The van der Waals surface area contributed by atoms with Gasteiger partial charge in [0.05, 0.1) is 16.8 Å². The van der Waals surface area contributed by atoms with Crippen molar-refractivity contribution in [3.8, 4) is 0 Å². The maximum Gasteiger partial charge on any atom is 0.265 e. The van der Waals surface area contributed by atoms with Crippen LogP contribution in [0.1, 0.15) is 32.4 Å². The van der Waals surface area contributed by atoms with Gasteiger partial charge in [-0.05, 0) is 56.9 Å². The van der Waals surface area contributed by atoms with Gasteiger partial charge in [0, 0.05) is 25.3 Å². The quantitative estimate of drug-likeness (QED) is 0.764. The first kappa shape index (κ1) is 20.8. The predicted octanol–water partition coefficient (Wildman–Crippen LogP) is 2.43. The Balaban J connectivity index is 1.80. The van der Waals surface area contributed by atoms with Crippen molar-refractivity contribution in [1.82, 2.24) is 14.1 Å². The monoisotopic (exact) mass is 426 g/mol. The molecule has 0 bridgehead atoms. The lowest BCUT2D eigenvalue weighted by Crippen LogP contribution is -2.39. The standard InChI is InChI=1S/C18H26N4O4S2/c1-4-22-15(3)18(12-19-22)27(23,24)20-16-7-9-17(10-8-16)28(25,26)21-11-5-6-14(2)13-21/h7-10,12,14,20H,4-6,11,13H2,1-3H3/t14-/m1/s1. The molecule has 0 aliphatic carbocycles. The molecule has 154 valence electrons. The number of sulfonamides is 2. The van der Waals surface area contributed by atoms with Gasteiger partial charge in [-0.1, -0.05) is 6.92 Å². The molecule has 0 spiro atoms. The molecule has 1 saturated heterocycles. The van der Waals surface area contributed by atoms with Crippen molar-refractivity contribution in [2.24, 2.45) is 5.92 Å². The lowest BCUT2D eigenvalue weighted by atomic mass is 10.0. The SMILES string of the molecule is CCn1ncc(S(=O)(=O)Nc2ccc(S(=O)(=O)N3CCC[C@@H](C)C3)cc2)c1C. The van der Waals surface area contributed by atoms with Crippen LogP contribution in [0.5, 0.6) is 0 Å². The van der Waals surface area contributed by atoms with Crippen LogP contribution in [0.2, 0.25) is 0 Å². The average molecular weight is 427 g/mol. The number of nitrogens with zero attached hydrogens (tertiary/aromatic N) is 3. The van der Waals surface area contributed by atoms with Crippen molar-refractivity contribution in [2.75, 3.05) is 17.8 Å². The minimum atomic E-state index is -3.80. The number of aromatic nitrogens is 2. The summed E-state index contributed by atoms with van der Waals surface area (Å²) in [6, 6.07) is 5.82. The number of piperidine rings is 1. The highest BCUT2D eigenvalue weighted by atomic mass is 32.2. The van der Waals surface area contributed by atoms with E-state index in [-0.39, 0.29) is 9.79 Å². The van der Waals surface area contributed by atoms with Crippen molar-refractivity contribution < 1.29 is 16.8 Å². The summed E-state index contributed by atoms with van der Waals surface area (Å²) >= 11 is 0. The van der Waals surface area contributed by atoms with E-state index in [0.717, 1.165) is 12.8 Å². The van der Waals surface area contributed by atoms with E-state index in [9.17, 15) is 16.8 Å². The summed E-state index contributed by atoms with van der Waals surface area (Å²) in [5, 5.41) is 4.06. The zero-order valence-electron chi connectivity index (χ0n) is 16.3. The molecule has 8 nitrogen and oxygen atoms in total. The summed E-state index contributed by atoms with van der Waals surface area (Å²) in [6.07, 6.45) is 3.20. The Labute approximate surface area is 166 Å². The maximum atomic E-state index is 12.8. The average Bonchev–Trinajstić information content (AvgIpc) is 3.03. The first-order valence-electron chi connectivity index (χ1n) is 9.30. The molecule has 1 atom stereocenters. The number of rotatable bonds is 6. The Kier molecular flexibility index (Phi) is 5.83. The number of hydrogen-bond donors (Lipinski definition) is 1. The third kappa shape index (κ3) is 4.08. The molecule has 3 rings (SSSR count). The van der Waals surface area contributed by atoms with Crippen LogP contribution in [0.3, 0.4) is 0 Å². The second kappa shape index (κ2) is 7.84. The van der Waals surface area contributed by atoms with E-state index in [1.165, 1.54) is 34.8 Å². The first-order chi connectivity index (χ1) is 13.1. The van der Waals surface area contributed by atoms with Gasteiger partial charge < -0.3 is 0 Å². The third-order valence-corrected chi connectivity index (χ3v) is 8.37. The van der Waals surface area contributed by atoms with Crippen LogP contribution in [-0.2, 0) is 26.6 Å². The Morgan fingerprint density at radius 3 is 2.43 bits per heavy atom. The third-order valence-electron chi connectivity index (χ3n) is 5.01. The molecule has 1 fully saturated rings. The summed E-state index contributed by atoms with van der Waals surface area (Å²) < 4.78 is 56.5. The largest absolute Gasteiger partial charge is 0.280 e. The van der Waals surface area contributed by atoms with Gasteiger partial charge in [-0.15, -0.1) is 0 Å². The summed E-state index contributed by atoms with van der Waals surface area (Å²) in [6.45, 7) is 7.22. The molecule has 1 N–H and O–H groups in total. The van der Waals surface area contributed by atoms with Crippen LogP contribution >= 0.6 is 0 Å². The molecule has 1 aliphatic heterocycles. The highest BCUT2D eigenvalue weighted by molar-refractivity contribution is 7.92. The first-order valence-corrected chi connectivity index (χ1v) is 12.2. The fraction of sp³-hybridized carbons (Fsp3) is 0.500. The molecule has 2 heterocycles. The van der Waals surface area contributed by atoms with Gasteiger partial charge in [0.1, 0.15) is 4.90 Å². The zero-order valence-corrected chi connectivity index (χ0v) is 17.9. The molecular weight excluding hydrogens is 400 g/mol. The summed E-state index contributed by atoms with van der Waals surface area (Å²) in [7, 11) is -7.37. The Morgan fingerprint density at radius 1 is 1.18 bits per heavy atom. The van der Waals surface area contributed by atoms with E-state index in [2.05, 4.69) is 9.82 Å². The normalized spacial score (nSPS) is 18.9. The number of hydrogen-bond acceptors (Lipinski definition) is 5. The minimum absolute atomic E-state index is 0.105. The van der Waals surface area contributed by atoms with E-state index in [1.54, 1.807) is 11.6 Å². The summed E-state index contributed by atoms with van der Waals surface area (Å²) in [4.78, 5) is 0.271. The van der Waals surface area contributed by atoms with Gasteiger partial charge in [0.2, 0.25) is 10.0 Å². The van der Waals surface area contributed by atoms with Crippen LogP contribution in [0.15, 0.2) is 40.3 Å². The van der Waals surface area contributed by atoms with Gasteiger partial charge in [-0.3, -0.25) is 9.40 Å². The van der Waals surface area contributed by atoms with Crippen LogP contribution in [0, 0.1) is 12.8 Å². The van der Waals surface area contributed by atoms with Crippen molar-refractivity contribution in [3.05, 3.63) is 36.2 Å². The molecule has 2 aromatic rings. The number of aryl methyl sites for hydroxylation is 1. The molecule has 10 heteroatoms. The van der Waals surface area contributed by atoms with Crippen LogP contribution < -0.4 is 4.72 Å². The fourth-order valence-corrected chi connectivity index (χ4v) is 6.27. The molecule has 0 unspecified atom stereocenters. The second-order valence-electron chi connectivity index (χ2n) is 7.15. The fourth-order valence-electron chi connectivity index (χ4n) is 3.43. The topological polar surface area (TPSA) is 101 Å². The van der Waals surface area contributed by atoms with Crippen molar-refractivity contribution in [3.63, 3.8) is 0 Å². The highest BCUT2D eigenvalue weighted by Crippen LogP contribution is 2.25. The van der Waals surface area contributed by atoms with Crippen LogP contribution in [0.4, 0.5) is 5.69 Å². The molecule has 0 saturated carbocycles. The molecule has 28 heavy (non-hydrogen) atoms. The predicted molar refractivity (Wildman–Crippen MR) is 107 cm³/mol. The molecule has 1 aromatic heterocycles. The van der Waals surface area contributed by atoms with Crippen molar-refractivity contribution in [1.29, 1.82) is 0 Å². The van der Waals surface area contributed by atoms with Gasteiger partial charge in [0.15, 0.2) is 0 Å². The molecule has 0 radical (unpaired) electrons. The van der Waals surface area contributed by atoms with Crippen LogP contribution in [-0.4, -0.2) is 44.0 Å². The Hall–Kier alpha value is -1.91. The van der Waals surface area contributed by atoms with Gasteiger partial charge in [0.25, 0.3) is 10.0 Å². The second-order valence-corrected chi connectivity index (χ2v) is 10.7. The van der Waals surface area contributed by atoms with E-state index in [0.29, 0.717) is 36.9 Å². The van der Waals surface area contributed by atoms with Gasteiger partial charge >= 0.3 is 0 Å². The lowest BCUT2D eigenvalue weighted by molar-refractivity contribution is 0.281. The smallest absolute Gasteiger partial charge is 0.265 e. The lowest BCUT2D eigenvalue weighted by Gasteiger charge is -2.30. The van der Waals surface area contributed by atoms with E-state index >= 15 is 0 Å². The van der Waals surface area contributed by atoms with Gasteiger partial charge in [-0.25, -0.2) is 16.8 Å². The highest BCUT2D eigenvalue weighted by Gasteiger charge is 2.28. The zero-order chi connectivity index (χ0) is 20.5. The Bertz CT molecular complexity index is 1040. The maximum absolute atomic E-state index is 12.8.